The van der Waals surface area contributed by atoms with Gasteiger partial charge in [-0.1, -0.05) is 13.8 Å². The van der Waals surface area contributed by atoms with Crippen LogP contribution in [0, 0.1) is 11.8 Å². The summed E-state index contributed by atoms with van der Waals surface area (Å²) >= 11 is 0. The summed E-state index contributed by atoms with van der Waals surface area (Å²) in [5.74, 6) is 1.21. The van der Waals surface area contributed by atoms with Crippen LogP contribution in [0.5, 0.6) is 0 Å². The first kappa shape index (κ1) is 14.8. The van der Waals surface area contributed by atoms with Crippen molar-refractivity contribution in [1.82, 2.24) is 5.32 Å². The lowest BCUT2D eigenvalue weighted by atomic mass is 9.80. The molecule has 1 aliphatic heterocycles. The minimum absolute atomic E-state index is 0.107. The third kappa shape index (κ3) is 4.77. The summed E-state index contributed by atoms with van der Waals surface area (Å²) in [6.07, 6.45) is 5.48. The second-order valence-electron chi connectivity index (χ2n) is 6.14. The molecule has 3 unspecified atom stereocenters. The van der Waals surface area contributed by atoms with Gasteiger partial charge in [0.1, 0.15) is 12.7 Å². The van der Waals surface area contributed by atoms with Gasteiger partial charge in [0.15, 0.2) is 0 Å². The van der Waals surface area contributed by atoms with E-state index in [1.165, 1.54) is 0 Å². The van der Waals surface area contributed by atoms with Crippen LogP contribution in [0.1, 0.15) is 46.0 Å². The molecule has 1 N–H and O–H groups in total. The van der Waals surface area contributed by atoms with Crippen molar-refractivity contribution in [1.29, 1.82) is 0 Å². The molecule has 0 amide bonds. The van der Waals surface area contributed by atoms with Crippen LogP contribution >= 0.6 is 0 Å². The Bertz CT molecular complexity index is 289. The number of esters is 1. The Balaban J connectivity index is 1.63. The third-order valence-corrected chi connectivity index (χ3v) is 4.57. The van der Waals surface area contributed by atoms with E-state index in [1.807, 2.05) is 0 Å². The van der Waals surface area contributed by atoms with E-state index in [9.17, 15) is 4.79 Å². The highest BCUT2D eigenvalue weighted by Crippen LogP contribution is 2.30. The molecule has 1 heterocycles. The van der Waals surface area contributed by atoms with Gasteiger partial charge in [0.2, 0.25) is 0 Å². The molecule has 0 radical (unpaired) electrons. The molecule has 2 aliphatic rings. The Kier molecular flexibility index (Phi) is 5.64. The zero-order chi connectivity index (χ0) is 13.7. The van der Waals surface area contributed by atoms with Gasteiger partial charge in [-0.2, -0.15) is 0 Å². The van der Waals surface area contributed by atoms with E-state index in [4.69, 9.17) is 9.47 Å². The number of ether oxygens (including phenoxy) is 2. The molecule has 1 saturated carbocycles. The average molecular weight is 269 g/mol. The molecule has 19 heavy (non-hydrogen) atoms. The Morgan fingerprint density at radius 3 is 2.47 bits per heavy atom. The fourth-order valence-electron chi connectivity index (χ4n) is 2.97. The van der Waals surface area contributed by atoms with Crippen LogP contribution in [0.3, 0.4) is 0 Å². The highest BCUT2D eigenvalue weighted by atomic mass is 16.6. The van der Waals surface area contributed by atoms with Crippen molar-refractivity contribution < 1.29 is 14.3 Å². The van der Waals surface area contributed by atoms with E-state index in [1.54, 1.807) is 0 Å². The lowest BCUT2D eigenvalue weighted by molar-refractivity contribution is -0.159. The largest absolute Gasteiger partial charge is 0.461 e. The van der Waals surface area contributed by atoms with Crippen molar-refractivity contribution in [3.05, 3.63) is 0 Å². The quantitative estimate of drug-likeness (QED) is 0.794. The van der Waals surface area contributed by atoms with Gasteiger partial charge in [-0.3, -0.25) is 0 Å². The predicted octanol–water partition coefficient (Wildman–Crippen LogP) is 2.12. The first-order valence-electron chi connectivity index (χ1n) is 7.67. The number of carbonyl (C=O) groups excluding carboxylic acids is 1. The number of hydrogen-bond acceptors (Lipinski definition) is 4. The van der Waals surface area contributed by atoms with Crippen molar-refractivity contribution >= 4 is 5.97 Å². The molecule has 2 fully saturated rings. The fraction of sp³-hybridized carbons (Fsp3) is 0.933. The summed E-state index contributed by atoms with van der Waals surface area (Å²) in [4.78, 5) is 11.8. The molecule has 4 heteroatoms. The maximum Gasteiger partial charge on any atom is 0.332 e. The zero-order valence-corrected chi connectivity index (χ0v) is 12.2. The summed E-state index contributed by atoms with van der Waals surface area (Å²) < 4.78 is 11.1. The molecule has 110 valence electrons. The van der Waals surface area contributed by atoms with E-state index in [-0.39, 0.29) is 24.8 Å². The molecule has 1 aliphatic carbocycles. The van der Waals surface area contributed by atoms with Gasteiger partial charge < -0.3 is 14.8 Å². The average Bonchev–Trinajstić information content (AvgIpc) is 2.42. The van der Waals surface area contributed by atoms with Gasteiger partial charge >= 0.3 is 5.97 Å². The molecule has 1 saturated heterocycles. The van der Waals surface area contributed by atoms with E-state index in [0.29, 0.717) is 5.92 Å². The zero-order valence-electron chi connectivity index (χ0n) is 12.2. The van der Waals surface area contributed by atoms with E-state index >= 15 is 0 Å². The lowest BCUT2D eigenvalue weighted by Gasteiger charge is -2.31. The Labute approximate surface area is 116 Å². The van der Waals surface area contributed by atoms with E-state index < -0.39 is 0 Å². The molecule has 3 atom stereocenters. The molecule has 0 aromatic rings. The number of hydrogen-bond donors (Lipinski definition) is 1. The van der Waals surface area contributed by atoms with Crippen molar-refractivity contribution in [2.75, 3.05) is 19.7 Å². The highest BCUT2D eigenvalue weighted by Gasteiger charge is 2.27. The van der Waals surface area contributed by atoms with Gasteiger partial charge in [-0.25, -0.2) is 4.79 Å². The van der Waals surface area contributed by atoms with Crippen LogP contribution < -0.4 is 5.32 Å². The minimum atomic E-state index is -0.190. The molecule has 0 aromatic carbocycles. The molecule has 2 rings (SSSR count). The Hall–Kier alpha value is -0.610. The van der Waals surface area contributed by atoms with Gasteiger partial charge in [0.05, 0.1) is 6.10 Å². The standard InChI is InChI=1S/C15H27NO3/c1-11-3-4-14(9-12(11)2)19-15(17)10-18-13-5-7-16-8-6-13/h11-14,16H,3-10H2,1-2H3. The Morgan fingerprint density at radius 2 is 1.79 bits per heavy atom. The Morgan fingerprint density at radius 1 is 1.05 bits per heavy atom. The summed E-state index contributed by atoms with van der Waals surface area (Å²) in [7, 11) is 0. The van der Waals surface area contributed by atoms with Crippen molar-refractivity contribution in [2.24, 2.45) is 11.8 Å². The smallest absolute Gasteiger partial charge is 0.332 e. The molecule has 0 aromatic heterocycles. The molecular formula is C15H27NO3. The molecule has 4 nitrogen and oxygen atoms in total. The fourth-order valence-corrected chi connectivity index (χ4v) is 2.97. The van der Waals surface area contributed by atoms with Gasteiger partial charge in [0.25, 0.3) is 0 Å². The van der Waals surface area contributed by atoms with Gasteiger partial charge in [-0.15, -0.1) is 0 Å². The van der Waals surface area contributed by atoms with Crippen molar-refractivity contribution in [3.8, 4) is 0 Å². The van der Waals surface area contributed by atoms with Crippen LogP contribution in [0.4, 0.5) is 0 Å². The molecular weight excluding hydrogens is 242 g/mol. The topological polar surface area (TPSA) is 47.6 Å². The van der Waals surface area contributed by atoms with Crippen LogP contribution in [0.25, 0.3) is 0 Å². The first-order valence-corrected chi connectivity index (χ1v) is 7.67. The van der Waals surface area contributed by atoms with Crippen LogP contribution in [0.2, 0.25) is 0 Å². The van der Waals surface area contributed by atoms with Gasteiger partial charge in [0, 0.05) is 0 Å². The second-order valence-corrected chi connectivity index (χ2v) is 6.14. The minimum Gasteiger partial charge on any atom is -0.461 e. The first-order chi connectivity index (χ1) is 9.15. The summed E-state index contributed by atoms with van der Waals surface area (Å²) in [5.41, 5.74) is 0. The van der Waals surface area contributed by atoms with Crippen LogP contribution in [0.15, 0.2) is 0 Å². The summed E-state index contributed by atoms with van der Waals surface area (Å²) in [6.45, 7) is 6.61. The summed E-state index contributed by atoms with van der Waals surface area (Å²) in [5, 5.41) is 3.28. The summed E-state index contributed by atoms with van der Waals surface area (Å²) in [6, 6.07) is 0. The van der Waals surface area contributed by atoms with Crippen LogP contribution in [-0.4, -0.2) is 37.9 Å². The van der Waals surface area contributed by atoms with Crippen molar-refractivity contribution in [2.45, 2.75) is 58.2 Å². The highest BCUT2D eigenvalue weighted by molar-refractivity contribution is 5.70. The third-order valence-electron chi connectivity index (χ3n) is 4.57. The van der Waals surface area contributed by atoms with Gasteiger partial charge in [-0.05, 0) is 57.0 Å². The number of piperidine rings is 1. The number of rotatable bonds is 4. The maximum absolute atomic E-state index is 11.8. The van der Waals surface area contributed by atoms with Crippen LogP contribution in [-0.2, 0) is 14.3 Å². The van der Waals surface area contributed by atoms with E-state index in [2.05, 4.69) is 19.2 Å². The van der Waals surface area contributed by atoms with E-state index in [0.717, 1.165) is 51.1 Å². The maximum atomic E-state index is 11.8. The van der Waals surface area contributed by atoms with Crippen molar-refractivity contribution in [3.63, 3.8) is 0 Å². The second kappa shape index (κ2) is 7.25. The number of carbonyl (C=O) groups is 1. The monoisotopic (exact) mass is 269 g/mol. The number of nitrogens with one attached hydrogen (secondary N) is 1. The lowest BCUT2D eigenvalue weighted by Crippen LogP contribution is -2.35. The predicted molar refractivity (Wildman–Crippen MR) is 73.9 cm³/mol. The normalized spacial score (nSPS) is 33.1. The molecule has 0 bridgehead atoms. The molecule has 0 spiro atoms. The SMILES string of the molecule is CC1CCC(OC(=O)COC2CCNCC2)CC1C.